The largest absolute Gasteiger partial charge is 0.459 e. The number of aryl methyl sites for hydroxylation is 1. The van der Waals surface area contributed by atoms with Gasteiger partial charge in [0, 0.05) is 24.5 Å². The van der Waals surface area contributed by atoms with Gasteiger partial charge in [-0.25, -0.2) is 9.67 Å². The van der Waals surface area contributed by atoms with Crippen molar-refractivity contribution in [2.24, 2.45) is 0 Å². The number of furan rings is 1. The van der Waals surface area contributed by atoms with Gasteiger partial charge in [-0.3, -0.25) is 0 Å². The molecule has 0 atom stereocenters. The Morgan fingerprint density at radius 2 is 2.17 bits per heavy atom. The lowest BCUT2D eigenvalue weighted by Gasteiger charge is -2.20. The van der Waals surface area contributed by atoms with Gasteiger partial charge in [-0.2, -0.15) is 0 Å². The van der Waals surface area contributed by atoms with Gasteiger partial charge in [0.2, 0.25) is 0 Å². The molecule has 4 rings (SSSR count). The summed E-state index contributed by atoms with van der Waals surface area (Å²) in [4.78, 5) is 4.64. The van der Waals surface area contributed by atoms with Gasteiger partial charge in [-0.05, 0) is 42.3 Å². The maximum atomic E-state index is 5.62. The fourth-order valence-corrected chi connectivity index (χ4v) is 3.54. The Labute approximate surface area is 137 Å². The molecule has 0 bridgehead atoms. The minimum atomic E-state index is 0.365. The molecule has 120 valence electrons. The minimum absolute atomic E-state index is 0.365. The van der Waals surface area contributed by atoms with Gasteiger partial charge in [0.25, 0.3) is 0 Å². The molecule has 0 spiro atoms. The third kappa shape index (κ3) is 3.04. The third-order valence-electron chi connectivity index (χ3n) is 3.96. The van der Waals surface area contributed by atoms with Crippen molar-refractivity contribution in [3.63, 3.8) is 0 Å². The molecule has 1 aliphatic rings. The summed E-state index contributed by atoms with van der Waals surface area (Å²) in [6, 6.07) is 3.89. The summed E-state index contributed by atoms with van der Waals surface area (Å²) in [6.45, 7) is 4.06. The van der Waals surface area contributed by atoms with Crippen molar-refractivity contribution in [3.8, 4) is 10.8 Å². The van der Waals surface area contributed by atoms with Crippen molar-refractivity contribution in [1.29, 1.82) is 0 Å². The Balaban J connectivity index is 1.53. The van der Waals surface area contributed by atoms with E-state index >= 15 is 0 Å². The summed E-state index contributed by atoms with van der Waals surface area (Å²) in [5.74, 6) is 2.99. The van der Waals surface area contributed by atoms with E-state index < -0.39 is 0 Å². The van der Waals surface area contributed by atoms with Crippen LogP contribution in [0.1, 0.15) is 36.0 Å². The first-order valence-electron chi connectivity index (χ1n) is 7.64. The zero-order chi connectivity index (χ0) is 15.6. The molecule has 8 heteroatoms. The zero-order valence-corrected chi connectivity index (χ0v) is 13.6. The normalized spacial score (nSPS) is 16.0. The predicted octanol–water partition coefficient (Wildman–Crippen LogP) is 2.64. The van der Waals surface area contributed by atoms with Crippen LogP contribution in [-0.4, -0.2) is 38.4 Å². The molecule has 7 nitrogen and oxygen atoms in total. The Hall–Kier alpha value is -2.06. The summed E-state index contributed by atoms with van der Waals surface area (Å²) >= 11 is 1.57. The molecular weight excluding hydrogens is 314 g/mol. The van der Waals surface area contributed by atoms with Gasteiger partial charge in [0.05, 0.1) is 12.2 Å². The Morgan fingerprint density at radius 1 is 1.30 bits per heavy atom. The molecule has 0 N–H and O–H groups in total. The van der Waals surface area contributed by atoms with Crippen LogP contribution in [-0.2, 0) is 11.3 Å². The lowest BCUT2D eigenvalue weighted by Crippen LogP contribution is -2.19. The van der Waals surface area contributed by atoms with Gasteiger partial charge in [-0.1, -0.05) is 0 Å². The highest BCUT2D eigenvalue weighted by atomic mass is 32.1. The average Bonchev–Trinajstić information content (AvgIpc) is 3.29. The monoisotopic (exact) mass is 331 g/mol. The first-order valence-corrected chi connectivity index (χ1v) is 8.52. The molecule has 23 heavy (non-hydrogen) atoms. The second-order valence-corrected chi connectivity index (χ2v) is 6.49. The smallest absolute Gasteiger partial charge is 0.162 e. The molecule has 0 aromatic carbocycles. The van der Waals surface area contributed by atoms with E-state index in [4.69, 9.17) is 9.15 Å². The van der Waals surface area contributed by atoms with E-state index in [9.17, 15) is 0 Å². The minimum Gasteiger partial charge on any atom is -0.459 e. The molecule has 0 unspecified atom stereocenters. The Kier molecular flexibility index (Phi) is 3.92. The SMILES string of the molecule is Cc1ccc(-c2nc(Cn3nnnc3C3CCOCC3)cs2)o1. The predicted molar refractivity (Wildman–Crippen MR) is 84.3 cm³/mol. The van der Waals surface area contributed by atoms with Crippen LogP contribution < -0.4 is 0 Å². The van der Waals surface area contributed by atoms with Crippen LogP contribution in [0.15, 0.2) is 21.9 Å². The van der Waals surface area contributed by atoms with Gasteiger partial charge < -0.3 is 9.15 Å². The number of nitrogens with zero attached hydrogens (tertiary/aromatic N) is 5. The van der Waals surface area contributed by atoms with Gasteiger partial charge in [-0.15, -0.1) is 16.4 Å². The fourth-order valence-electron chi connectivity index (χ4n) is 2.77. The van der Waals surface area contributed by atoms with Crippen LogP contribution in [0.3, 0.4) is 0 Å². The molecule has 1 saturated heterocycles. The summed E-state index contributed by atoms with van der Waals surface area (Å²) < 4.78 is 12.9. The molecule has 0 radical (unpaired) electrons. The number of ether oxygens (including phenoxy) is 1. The van der Waals surface area contributed by atoms with Crippen molar-refractivity contribution in [1.82, 2.24) is 25.2 Å². The summed E-state index contributed by atoms with van der Waals surface area (Å²) in [6.07, 6.45) is 1.93. The molecule has 0 aliphatic carbocycles. The molecule has 3 aromatic rings. The first kappa shape index (κ1) is 14.5. The van der Waals surface area contributed by atoms with E-state index in [-0.39, 0.29) is 0 Å². The quantitative estimate of drug-likeness (QED) is 0.731. The fraction of sp³-hybridized carbons (Fsp3) is 0.467. The van der Waals surface area contributed by atoms with Crippen LogP contribution in [0.5, 0.6) is 0 Å². The Morgan fingerprint density at radius 3 is 2.96 bits per heavy atom. The van der Waals surface area contributed by atoms with Crippen molar-refractivity contribution < 1.29 is 9.15 Å². The van der Waals surface area contributed by atoms with Crippen LogP contribution in [0, 0.1) is 6.92 Å². The number of thiazole rings is 1. The van der Waals surface area contributed by atoms with E-state index in [1.165, 1.54) is 0 Å². The van der Waals surface area contributed by atoms with E-state index in [1.807, 2.05) is 29.1 Å². The third-order valence-corrected chi connectivity index (χ3v) is 4.87. The van der Waals surface area contributed by atoms with Crippen molar-refractivity contribution in [2.45, 2.75) is 32.2 Å². The lowest BCUT2D eigenvalue weighted by molar-refractivity contribution is 0.0826. The van der Waals surface area contributed by atoms with E-state index in [0.717, 1.165) is 54.1 Å². The van der Waals surface area contributed by atoms with Crippen LogP contribution in [0.25, 0.3) is 10.8 Å². The molecule has 4 heterocycles. The van der Waals surface area contributed by atoms with Crippen LogP contribution in [0.4, 0.5) is 0 Å². The molecule has 1 fully saturated rings. The molecule has 0 amide bonds. The number of tetrazole rings is 1. The maximum absolute atomic E-state index is 5.62. The van der Waals surface area contributed by atoms with Gasteiger partial charge in [0.15, 0.2) is 16.6 Å². The second kappa shape index (κ2) is 6.21. The number of hydrogen-bond acceptors (Lipinski definition) is 7. The zero-order valence-electron chi connectivity index (χ0n) is 12.8. The average molecular weight is 331 g/mol. The van der Waals surface area contributed by atoms with E-state index in [1.54, 1.807) is 11.3 Å². The number of aromatic nitrogens is 5. The van der Waals surface area contributed by atoms with E-state index in [2.05, 4.69) is 20.5 Å². The molecular formula is C15H17N5O2S. The standard InChI is InChI=1S/C15H17N5O2S/c1-10-2-3-13(22-10)15-16-12(9-23-15)8-20-14(17-18-19-20)11-4-6-21-7-5-11/h2-3,9,11H,4-8H2,1H3. The topological polar surface area (TPSA) is 78.9 Å². The lowest BCUT2D eigenvalue weighted by atomic mass is 9.99. The van der Waals surface area contributed by atoms with E-state index in [0.29, 0.717) is 12.5 Å². The molecule has 3 aromatic heterocycles. The van der Waals surface area contributed by atoms with Crippen LogP contribution in [0.2, 0.25) is 0 Å². The summed E-state index contributed by atoms with van der Waals surface area (Å²) in [5.41, 5.74) is 0.944. The van der Waals surface area contributed by atoms with Crippen molar-refractivity contribution in [2.75, 3.05) is 13.2 Å². The second-order valence-electron chi connectivity index (χ2n) is 5.64. The highest BCUT2D eigenvalue weighted by Gasteiger charge is 2.22. The number of hydrogen-bond donors (Lipinski definition) is 0. The Bertz CT molecular complexity index is 787. The molecule has 0 saturated carbocycles. The van der Waals surface area contributed by atoms with Gasteiger partial charge >= 0.3 is 0 Å². The van der Waals surface area contributed by atoms with Crippen molar-refractivity contribution in [3.05, 3.63) is 34.8 Å². The first-order chi connectivity index (χ1) is 11.3. The highest BCUT2D eigenvalue weighted by molar-refractivity contribution is 7.13. The van der Waals surface area contributed by atoms with Crippen molar-refractivity contribution >= 4 is 11.3 Å². The molecule has 1 aliphatic heterocycles. The highest BCUT2D eigenvalue weighted by Crippen LogP contribution is 2.27. The van der Waals surface area contributed by atoms with Gasteiger partial charge in [0.1, 0.15) is 5.76 Å². The summed E-state index contributed by atoms with van der Waals surface area (Å²) in [7, 11) is 0. The maximum Gasteiger partial charge on any atom is 0.162 e. The number of rotatable bonds is 4. The van der Waals surface area contributed by atoms with Crippen LogP contribution >= 0.6 is 11.3 Å². The summed E-state index contributed by atoms with van der Waals surface area (Å²) in [5, 5.41) is 15.1.